The van der Waals surface area contributed by atoms with Gasteiger partial charge in [0, 0.05) is 10.6 Å². The minimum Gasteiger partial charge on any atom is -0.338 e. The van der Waals surface area contributed by atoms with E-state index in [1.807, 2.05) is 0 Å². The summed E-state index contributed by atoms with van der Waals surface area (Å²) >= 11 is 12.5. The molecule has 1 aromatic carbocycles. The second-order valence-electron chi connectivity index (χ2n) is 4.40. The predicted octanol–water partition coefficient (Wildman–Crippen LogP) is 3.58. The summed E-state index contributed by atoms with van der Waals surface area (Å²) in [6.45, 7) is -0.113. The Hall–Kier alpha value is -1.45. The number of sulfonamides is 1. The van der Waals surface area contributed by atoms with Crippen LogP contribution in [0.2, 0.25) is 9.36 Å². The minimum atomic E-state index is -3.66. The van der Waals surface area contributed by atoms with E-state index in [0.29, 0.717) is 15.2 Å². The van der Waals surface area contributed by atoms with Crippen molar-refractivity contribution in [1.29, 1.82) is 0 Å². The highest BCUT2D eigenvalue weighted by Crippen LogP contribution is 2.25. The zero-order valence-electron chi connectivity index (χ0n) is 11.4. The number of halogens is 2. The van der Waals surface area contributed by atoms with Gasteiger partial charge in [-0.3, -0.25) is 0 Å². The van der Waals surface area contributed by atoms with Crippen LogP contribution in [-0.4, -0.2) is 18.6 Å². The maximum absolute atomic E-state index is 12.1. The first-order chi connectivity index (χ1) is 10.9. The van der Waals surface area contributed by atoms with Crippen LogP contribution in [0.15, 0.2) is 45.1 Å². The average Bonchev–Trinajstić information content (AvgIpc) is 3.15. The molecule has 0 bridgehead atoms. The van der Waals surface area contributed by atoms with Crippen molar-refractivity contribution in [3.8, 4) is 11.4 Å². The van der Waals surface area contributed by atoms with E-state index >= 15 is 0 Å². The molecule has 0 amide bonds. The molecule has 0 saturated heterocycles. The Kier molecular flexibility index (Phi) is 4.69. The van der Waals surface area contributed by atoms with Crippen LogP contribution in [0.25, 0.3) is 11.4 Å². The van der Waals surface area contributed by atoms with E-state index in [9.17, 15) is 8.42 Å². The molecule has 6 nitrogen and oxygen atoms in total. The fourth-order valence-electron chi connectivity index (χ4n) is 1.71. The Morgan fingerprint density at radius 2 is 1.87 bits per heavy atom. The summed E-state index contributed by atoms with van der Waals surface area (Å²) in [7, 11) is -3.66. The first-order valence-corrected chi connectivity index (χ1v) is 9.33. The standard InChI is InChI=1S/C13H9Cl2N3O3S2/c14-9-3-1-8(2-4-9)13-17-11(21-18-13)7-16-23(19,20)12-6-5-10(15)22-12/h1-6,16H,7H2. The monoisotopic (exact) mass is 389 g/mol. The van der Waals surface area contributed by atoms with E-state index < -0.39 is 10.0 Å². The molecule has 0 saturated carbocycles. The third-order valence-corrected chi connectivity index (χ3v) is 6.17. The van der Waals surface area contributed by atoms with Gasteiger partial charge in [-0.05, 0) is 36.4 Å². The fraction of sp³-hybridized carbons (Fsp3) is 0.0769. The molecule has 0 aliphatic heterocycles. The van der Waals surface area contributed by atoms with Crippen LogP contribution in [0.3, 0.4) is 0 Å². The Balaban J connectivity index is 1.71. The molecule has 23 heavy (non-hydrogen) atoms. The summed E-state index contributed by atoms with van der Waals surface area (Å²) in [5, 5.41) is 4.41. The molecule has 0 unspecified atom stereocenters. The third-order valence-electron chi connectivity index (χ3n) is 2.80. The first kappa shape index (κ1) is 16.4. The van der Waals surface area contributed by atoms with Crippen LogP contribution in [0.1, 0.15) is 5.89 Å². The molecule has 2 aromatic heterocycles. The lowest BCUT2D eigenvalue weighted by molar-refractivity contribution is 0.376. The molecular weight excluding hydrogens is 381 g/mol. The Bertz CT molecular complexity index is 920. The van der Waals surface area contributed by atoms with Gasteiger partial charge >= 0.3 is 0 Å². The minimum absolute atomic E-state index is 0.113. The van der Waals surface area contributed by atoms with Crippen LogP contribution in [0, 0.1) is 0 Å². The second-order valence-corrected chi connectivity index (χ2v) is 8.55. The molecule has 3 rings (SSSR count). The van der Waals surface area contributed by atoms with Crippen LogP contribution in [-0.2, 0) is 16.6 Å². The molecule has 10 heteroatoms. The lowest BCUT2D eigenvalue weighted by Gasteiger charge is -2.00. The van der Waals surface area contributed by atoms with Gasteiger partial charge in [0.1, 0.15) is 4.21 Å². The lowest BCUT2D eigenvalue weighted by Crippen LogP contribution is -2.22. The van der Waals surface area contributed by atoms with Crippen molar-refractivity contribution in [1.82, 2.24) is 14.9 Å². The molecule has 120 valence electrons. The van der Waals surface area contributed by atoms with Crippen molar-refractivity contribution in [2.24, 2.45) is 0 Å². The number of hydrogen-bond donors (Lipinski definition) is 1. The maximum atomic E-state index is 12.1. The van der Waals surface area contributed by atoms with Gasteiger partial charge in [0.25, 0.3) is 10.0 Å². The van der Waals surface area contributed by atoms with E-state index in [2.05, 4.69) is 14.9 Å². The van der Waals surface area contributed by atoms with E-state index in [1.54, 1.807) is 24.3 Å². The number of benzene rings is 1. The summed E-state index contributed by atoms with van der Waals surface area (Å²) in [6.07, 6.45) is 0. The Morgan fingerprint density at radius 1 is 1.13 bits per heavy atom. The highest BCUT2D eigenvalue weighted by atomic mass is 35.5. The van der Waals surface area contributed by atoms with Gasteiger partial charge in [0.15, 0.2) is 0 Å². The molecular formula is C13H9Cl2N3O3S2. The van der Waals surface area contributed by atoms with Gasteiger partial charge in [-0.25, -0.2) is 13.1 Å². The molecule has 0 fully saturated rings. The zero-order valence-corrected chi connectivity index (χ0v) is 14.5. The SMILES string of the molecule is O=S(=O)(NCc1nc(-c2ccc(Cl)cc2)no1)c1ccc(Cl)s1. The molecule has 2 heterocycles. The van der Waals surface area contributed by atoms with Gasteiger partial charge in [-0.15, -0.1) is 11.3 Å². The number of nitrogens with one attached hydrogen (secondary N) is 1. The number of rotatable bonds is 5. The molecule has 0 aliphatic carbocycles. The van der Waals surface area contributed by atoms with E-state index in [1.165, 1.54) is 12.1 Å². The van der Waals surface area contributed by atoms with E-state index in [4.69, 9.17) is 27.7 Å². The van der Waals surface area contributed by atoms with Gasteiger partial charge < -0.3 is 4.52 Å². The molecule has 0 aliphatic rings. The lowest BCUT2D eigenvalue weighted by atomic mass is 10.2. The molecule has 0 spiro atoms. The highest BCUT2D eigenvalue weighted by molar-refractivity contribution is 7.91. The molecule has 0 atom stereocenters. The van der Waals surface area contributed by atoms with Crippen molar-refractivity contribution in [2.75, 3.05) is 0 Å². The van der Waals surface area contributed by atoms with Crippen molar-refractivity contribution in [3.05, 3.63) is 51.6 Å². The van der Waals surface area contributed by atoms with Gasteiger partial charge in [-0.2, -0.15) is 4.98 Å². The Morgan fingerprint density at radius 3 is 2.52 bits per heavy atom. The van der Waals surface area contributed by atoms with Gasteiger partial charge in [0.05, 0.1) is 10.9 Å². The van der Waals surface area contributed by atoms with Gasteiger partial charge in [-0.1, -0.05) is 28.4 Å². The number of aromatic nitrogens is 2. The predicted molar refractivity (Wildman–Crippen MR) is 88.1 cm³/mol. The third kappa shape index (κ3) is 3.91. The van der Waals surface area contributed by atoms with Crippen molar-refractivity contribution in [3.63, 3.8) is 0 Å². The van der Waals surface area contributed by atoms with Crippen LogP contribution < -0.4 is 4.72 Å². The summed E-state index contributed by atoms with van der Waals surface area (Å²) in [5.74, 6) is 0.510. The van der Waals surface area contributed by atoms with E-state index in [0.717, 1.165) is 16.9 Å². The molecule has 3 aromatic rings. The summed E-state index contributed by atoms with van der Waals surface area (Å²) in [6, 6.07) is 9.85. The van der Waals surface area contributed by atoms with Crippen LogP contribution in [0.5, 0.6) is 0 Å². The normalized spacial score (nSPS) is 11.7. The van der Waals surface area contributed by atoms with Crippen LogP contribution in [0.4, 0.5) is 0 Å². The first-order valence-electron chi connectivity index (χ1n) is 6.27. The van der Waals surface area contributed by atoms with Crippen molar-refractivity contribution in [2.45, 2.75) is 10.8 Å². The maximum Gasteiger partial charge on any atom is 0.250 e. The Labute approximate surface area is 146 Å². The fourth-order valence-corrected chi connectivity index (χ4v) is 4.34. The quantitative estimate of drug-likeness (QED) is 0.720. The van der Waals surface area contributed by atoms with E-state index in [-0.39, 0.29) is 16.6 Å². The number of hydrogen-bond acceptors (Lipinski definition) is 6. The summed E-state index contributed by atoms with van der Waals surface area (Å²) < 4.78 is 32.1. The average molecular weight is 390 g/mol. The zero-order chi connectivity index (χ0) is 16.4. The largest absolute Gasteiger partial charge is 0.338 e. The van der Waals surface area contributed by atoms with Crippen molar-refractivity contribution >= 4 is 44.6 Å². The van der Waals surface area contributed by atoms with Gasteiger partial charge in [0.2, 0.25) is 11.7 Å². The molecule has 0 radical (unpaired) electrons. The highest BCUT2D eigenvalue weighted by Gasteiger charge is 2.18. The number of nitrogens with zero attached hydrogens (tertiary/aromatic N) is 2. The summed E-state index contributed by atoms with van der Waals surface area (Å²) in [4.78, 5) is 4.14. The molecule has 1 N–H and O–H groups in total. The van der Waals surface area contributed by atoms with Crippen LogP contribution >= 0.6 is 34.5 Å². The topological polar surface area (TPSA) is 85.1 Å². The summed E-state index contributed by atoms with van der Waals surface area (Å²) in [5.41, 5.74) is 0.720. The number of thiophene rings is 1. The smallest absolute Gasteiger partial charge is 0.250 e. The van der Waals surface area contributed by atoms with Crippen molar-refractivity contribution < 1.29 is 12.9 Å². The second kappa shape index (κ2) is 6.58.